The van der Waals surface area contributed by atoms with Crippen LogP contribution in [0, 0.1) is 0 Å². The average Bonchev–Trinajstić information content (AvgIpc) is 2.93. The number of rotatable bonds is 11. The van der Waals surface area contributed by atoms with E-state index in [1.165, 1.54) is 6.42 Å². The van der Waals surface area contributed by atoms with E-state index in [4.69, 9.17) is 23.2 Å². The van der Waals surface area contributed by atoms with Crippen LogP contribution in [-0.2, 0) is 28.3 Å². The predicted molar refractivity (Wildman–Crippen MR) is 159 cm³/mol. The van der Waals surface area contributed by atoms with E-state index in [-0.39, 0.29) is 23.6 Å². The van der Waals surface area contributed by atoms with Gasteiger partial charge in [0, 0.05) is 34.8 Å². The molecule has 0 aliphatic heterocycles. The Morgan fingerprint density at radius 1 is 0.842 bits per heavy atom. The highest BCUT2D eigenvalue weighted by Crippen LogP contribution is 2.22. The summed E-state index contributed by atoms with van der Waals surface area (Å²) < 4.78 is 0. The molecule has 2 amide bonds. The molecule has 7 heteroatoms. The van der Waals surface area contributed by atoms with Crippen LogP contribution in [0.3, 0.4) is 0 Å². The molecule has 4 nitrogen and oxygen atoms in total. The molecule has 0 aromatic heterocycles. The second-order valence-electron chi connectivity index (χ2n) is 9.82. The van der Waals surface area contributed by atoms with Gasteiger partial charge in [0.05, 0.1) is 5.75 Å². The van der Waals surface area contributed by atoms with E-state index in [9.17, 15) is 9.59 Å². The Morgan fingerprint density at radius 3 is 2.26 bits per heavy atom. The number of thioether (sulfide) groups is 1. The van der Waals surface area contributed by atoms with Crippen LogP contribution < -0.4 is 5.32 Å². The molecule has 0 radical (unpaired) electrons. The van der Waals surface area contributed by atoms with Gasteiger partial charge in [0.15, 0.2) is 0 Å². The minimum absolute atomic E-state index is 0.0661. The van der Waals surface area contributed by atoms with Gasteiger partial charge >= 0.3 is 0 Å². The van der Waals surface area contributed by atoms with Crippen molar-refractivity contribution in [1.29, 1.82) is 0 Å². The fourth-order valence-electron chi connectivity index (χ4n) is 4.85. The van der Waals surface area contributed by atoms with Crippen molar-refractivity contribution in [3.63, 3.8) is 0 Å². The van der Waals surface area contributed by atoms with E-state index in [0.29, 0.717) is 28.8 Å². The fraction of sp³-hybridized carbons (Fsp3) is 0.355. The first-order valence-corrected chi connectivity index (χ1v) is 15.1. The summed E-state index contributed by atoms with van der Waals surface area (Å²) in [5.74, 6) is 0.805. The van der Waals surface area contributed by atoms with Gasteiger partial charge in [-0.25, -0.2) is 0 Å². The third-order valence-corrected chi connectivity index (χ3v) is 8.35. The molecule has 1 atom stereocenters. The van der Waals surface area contributed by atoms with Gasteiger partial charge in [-0.05, 0) is 53.8 Å². The zero-order chi connectivity index (χ0) is 26.7. The zero-order valence-electron chi connectivity index (χ0n) is 21.5. The fourth-order valence-corrected chi connectivity index (χ4v) is 6.06. The van der Waals surface area contributed by atoms with Gasteiger partial charge in [-0.1, -0.05) is 97.1 Å². The molecule has 3 aromatic rings. The summed E-state index contributed by atoms with van der Waals surface area (Å²) in [5, 5.41) is 4.58. The van der Waals surface area contributed by atoms with Gasteiger partial charge < -0.3 is 10.2 Å². The summed E-state index contributed by atoms with van der Waals surface area (Å²) in [6, 6.07) is 24.6. The van der Waals surface area contributed by atoms with Crippen LogP contribution in [0.25, 0.3) is 0 Å². The maximum absolute atomic E-state index is 13.8. The van der Waals surface area contributed by atoms with Crippen molar-refractivity contribution in [2.45, 2.75) is 62.9 Å². The Kier molecular flexibility index (Phi) is 11.0. The molecule has 4 rings (SSSR count). The first-order valence-electron chi connectivity index (χ1n) is 13.2. The smallest absolute Gasteiger partial charge is 0.243 e. The third kappa shape index (κ3) is 8.79. The quantitative estimate of drug-likeness (QED) is 0.263. The summed E-state index contributed by atoms with van der Waals surface area (Å²) in [6.45, 7) is 0.316. The monoisotopic (exact) mass is 568 g/mol. The van der Waals surface area contributed by atoms with Crippen LogP contribution in [0.5, 0.6) is 0 Å². The van der Waals surface area contributed by atoms with Crippen LogP contribution >= 0.6 is 35.0 Å². The first kappa shape index (κ1) is 28.5. The predicted octanol–water partition coefficient (Wildman–Crippen LogP) is 7.32. The number of hydrogen-bond acceptors (Lipinski definition) is 3. The number of nitrogens with zero attached hydrogens (tertiary/aromatic N) is 1. The Bertz CT molecular complexity index is 1180. The van der Waals surface area contributed by atoms with Crippen LogP contribution in [0.4, 0.5) is 0 Å². The number of benzene rings is 3. The molecular formula is C31H34Cl2N2O2S. The molecule has 0 bridgehead atoms. The molecule has 1 saturated carbocycles. The van der Waals surface area contributed by atoms with Gasteiger partial charge in [0.1, 0.15) is 6.04 Å². The summed E-state index contributed by atoms with van der Waals surface area (Å²) in [7, 11) is 0. The molecule has 1 aliphatic carbocycles. The summed E-state index contributed by atoms with van der Waals surface area (Å²) in [4.78, 5) is 29.3. The van der Waals surface area contributed by atoms with Gasteiger partial charge in [-0.3, -0.25) is 9.59 Å². The van der Waals surface area contributed by atoms with E-state index in [2.05, 4.69) is 5.32 Å². The van der Waals surface area contributed by atoms with E-state index in [0.717, 1.165) is 42.4 Å². The van der Waals surface area contributed by atoms with Gasteiger partial charge in [-0.2, -0.15) is 0 Å². The Hall–Kier alpha value is -2.47. The number of nitrogens with one attached hydrogen (secondary N) is 1. The van der Waals surface area contributed by atoms with Crippen molar-refractivity contribution in [2.75, 3.05) is 5.75 Å². The summed E-state index contributed by atoms with van der Waals surface area (Å²) >= 11 is 13.8. The molecule has 38 heavy (non-hydrogen) atoms. The lowest BCUT2D eigenvalue weighted by molar-refractivity contribution is -0.139. The van der Waals surface area contributed by atoms with Crippen molar-refractivity contribution in [3.8, 4) is 0 Å². The number of carbonyl (C=O) groups excluding carboxylic acids is 2. The van der Waals surface area contributed by atoms with Crippen molar-refractivity contribution in [1.82, 2.24) is 10.2 Å². The van der Waals surface area contributed by atoms with E-state index >= 15 is 0 Å². The van der Waals surface area contributed by atoms with E-state index in [1.54, 1.807) is 16.7 Å². The van der Waals surface area contributed by atoms with Crippen LogP contribution in [-0.4, -0.2) is 34.6 Å². The van der Waals surface area contributed by atoms with Gasteiger partial charge in [0.2, 0.25) is 11.8 Å². The number of hydrogen-bond donors (Lipinski definition) is 1. The molecule has 1 unspecified atom stereocenters. The van der Waals surface area contributed by atoms with Crippen LogP contribution in [0.2, 0.25) is 10.0 Å². The molecular weight excluding hydrogens is 535 g/mol. The molecule has 1 N–H and O–H groups in total. The number of carbonyl (C=O) groups is 2. The Labute approximate surface area is 240 Å². The largest absolute Gasteiger partial charge is 0.352 e. The Morgan fingerprint density at radius 2 is 1.55 bits per heavy atom. The minimum atomic E-state index is -0.623. The Balaban J connectivity index is 1.56. The normalized spacial score (nSPS) is 14.6. The van der Waals surface area contributed by atoms with Crippen LogP contribution in [0.15, 0.2) is 78.9 Å². The van der Waals surface area contributed by atoms with E-state index in [1.807, 2.05) is 78.9 Å². The van der Waals surface area contributed by atoms with E-state index < -0.39 is 6.04 Å². The molecule has 3 aromatic carbocycles. The second kappa shape index (κ2) is 14.6. The zero-order valence-corrected chi connectivity index (χ0v) is 23.8. The average molecular weight is 570 g/mol. The van der Waals surface area contributed by atoms with Crippen molar-refractivity contribution in [3.05, 3.63) is 106 Å². The SMILES string of the molecule is O=C(NC1CCCCC1)C(Cc1ccccc1)N(Cc1cccc(Cl)c1)C(=O)CSCc1ccc(Cl)cc1. The first-order chi connectivity index (χ1) is 18.5. The molecule has 1 fully saturated rings. The molecule has 0 heterocycles. The lowest BCUT2D eigenvalue weighted by atomic mass is 9.94. The van der Waals surface area contributed by atoms with Crippen molar-refractivity contribution < 1.29 is 9.59 Å². The molecule has 0 saturated heterocycles. The van der Waals surface area contributed by atoms with Gasteiger partial charge in [0.25, 0.3) is 0 Å². The number of halogens is 2. The lowest BCUT2D eigenvalue weighted by Gasteiger charge is -2.33. The highest BCUT2D eigenvalue weighted by molar-refractivity contribution is 7.99. The van der Waals surface area contributed by atoms with Crippen molar-refractivity contribution in [2.24, 2.45) is 0 Å². The highest BCUT2D eigenvalue weighted by Gasteiger charge is 2.31. The maximum atomic E-state index is 13.8. The van der Waals surface area contributed by atoms with Gasteiger partial charge in [-0.15, -0.1) is 11.8 Å². The molecule has 200 valence electrons. The van der Waals surface area contributed by atoms with Crippen molar-refractivity contribution >= 4 is 46.8 Å². The topological polar surface area (TPSA) is 49.4 Å². The summed E-state index contributed by atoms with van der Waals surface area (Å²) in [5.41, 5.74) is 3.02. The maximum Gasteiger partial charge on any atom is 0.243 e. The lowest BCUT2D eigenvalue weighted by Crippen LogP contribution is -2.53. The summed E-state index contributed by atoms with van der Waals surface area (Å²) in [6.07, 6.45) is 5.89. The third-order valence-electron chi connectivity index (χ3n) is 6.87. The molecule has 0 spiro atoms. The number of amides is 2. The second-order valence-corrected chi connectivity index (χ2v) is 11.7. The highest BCUT2D eigenvalue weighted by atomic mass is 35.5. The standard InChI is InChI=1S/C31H34Cl2N2O2S/c32-26-16-14-24(15-17-26)21-38-22-30(36)35(20-25-10-7-11-27(33)18-25)29(19-23-8-3-1-4-9-23)31(37)34-28-12-5-2-6-13-28/h1,3-4,7-11,14-18,28-29H,2,5-6,12-13,19-22H2,(H,34,37). The minimum Gasteiger partial charge on any atom is -0.352 e. The van der Waals surface area contributed by atoms with Crippen LogP contribution in [0.1, 0.15) is 48.8 Å². The molecule has 1 aliphatic rings.